The Labute approximate surface area is 266 Å². The monoisotopic (exact) mass is 607 g/mol. The van der Waals surface area contributed by atoms with Gasteiger partial charge in [0.2, 0.25) is 11.8 Å². The standard InChI is InChI=1S/C36H57N5O3/c1-7-8-22-38-31(25-29-18-13-10-14-19-29)34(43)40(24-21-28-16-11-9-12-17-28)26-30-20-15-23-41(30)35(44)32(36(3,4)5)39-33(42)27(2)37-6/h9-14,16-19,27,30-32,34,37-38,43H,7-8,15,20-26H2,1-6H3,(H,39,42)/t27-,30-,31+,32+,34?/m0/s1. The molecule has 1 saturated heterocycles. The molecule has 44 heavy (non-hydrogen) atoms. The summed E-state index contributed by atoms with van der Waals surface area (Å²) in [6.45, 7) is 12.7. The van der Waals surface area contributed by atoms with Gasteiger partial charge in [0, 0.05) is 25.7 Å². The molecule has 0 spiro atoms. The Bertz CT molecular complexity index is 1120. The third-order valence-corrected chi connectivity index (χ3v) is 8.83. The van der Waals surface area contributed by atoms with Gasteiger partial charge in [-0.1, -0.05) is 94.8 Å². The maximum Gasteiger partial charge on any atom is 0.245 e. The minimum Gasteiger partial charge on any atom is -0.377 e. The number of unbranched alkanes of at least 4 members (excludes halogenated alkanes) is 1. The fourth-order valence-corrected chi connectivity index (χ4v) is 5.92. The Hall–Kier alpha value is -2.78. The van der Waals surface area contributed by atoms with E-state index in [0.717, 1.165) is 38.6 Å². The number of hydrogen-bond acceptors (Lipinski definition) is 6. The molecule has 1 fully saturated rings. The van der Waals surface area contributed by atoms with Gasteiger partial charge in [-0.05, 0) is 69.2 Å². The molecule has 0 aliphatic carbocycles. The first kappa shape index (κ1) is 35.7. The number of rotatable bonds is 17. The minimum atomic E-state index is -0.733. The van der Waals surface area contributed by atoms with Crippen LogP contribution in [0.1, 0.15) is 71.4 Å². The molecule has 244 valence electrons. The molecule has 5 atom stereocenters. The second-order valence-electron chi connectivity index (χ2n) is 13.4. The van der Waals surface area contributed by atoms with Gasteiger partial charge in [0.25, 0.3) is 0 Å². The number of nitrogens with zero attached hydrogens (tertiary/aromatic N) is 2. The van der Waals surface area contributed by atoms with Crippen molar-refractivity contribution in [2.75, 3.05) is 33.2 Å². The van der Waals surface area contributed by atoms with Gasteiger partial charge in [0.15, 0.2) is 0 Å². The molecule has 1 aliphatic rings. The SMILES string of the molecule is CCCCN[C@H](Cc1ccccc1)C(O)N(CCc1ccccc1)C[C@@H]1CCCN1C(=O)[C@@H](NC(=O)[C@H](C)NC)C(C)(C)C. The summed E-state index contributed by atoms with van der Waals surface area (Å²) < 4.78 is 0. The molecule has 1 aliphatic heterocycles. The number of amides is 2. The van der Waals surface area contributed by atoms with Gasteiger partial charge in [-0.3, -0.25) is 14.5 Å². The summed E-state index contributed by atoms with van der Waals surface area (Å²) in [5, 5.41) is 21.7. The van der Waals surface area contributed by atoms with Crippen molar-refractivity contribution in [1.82, 2.24) is 25.8 Å². The Balaban J connectivity index is 1.85. The van der Waals surface area contributed by atoms with Gasteiger partial charge in [-0.15, -0.1) is 0 Å². The number of likely N-dealkylation sites (tertiary alicyclic amines) is 1. The number of carbonyl (C=O) groups is 2. The highest BCUT2D eigenvalue weighted by molar-refractivity contribution is 5.90. The Kier molecular flexibility index (Phi) is 14.3. The van der Waals surface area contributed by atoms with Gasteiger partial charge in [0.05, 0.1) is 12.1 Å². The summed E-state index contributed by atoms with van der Waals surface area (Å²) in [7, 11) is 1.74. The highest BCUT2D eigenvalue weighted by Crippen LogP contribution is 2.27. The molecule has 8 heteroatoms. The summed E-state index contributed by atoms with van der Waals surface area (Å²) in [5.74, 6) is -0.227. The fraction of sp³-hybridized carbons (Fsp3) is 0.611. The Morgan fingerprint density at radius 3 is 2.27 bits per heavy atom. The lowest BCUT2D eigenvalue weighted by Crippen LogP contribution is -2.60. The molecule has 8 nitrogen and oxygen atoms in total. The predicted octanol–water partition coefficient (Wildman–Crippen LogP) is 3.98. The third-order valence-electron chi connectivity index (χ3n) is 8.83. The normalized spacial score (nSPS) is 18.2. The fourth-order valence-electron chi connectivity index (χ4n) is 5.92. The van der Waals surface area contributed by atoms with Gasteiger partial charge < -0.3 is 26.0 Å². The Morgan fingerprint density at radius 1 is 1.05 bits per heavy atom. The molecular weight excluding hydrogens is 550 g/mol. The molecule has 1 heterocycles. The van der Waals surface area contributed by atoms with Crippen LogP contribution in [0.3, 0.4) is 0 Å². The largest absolute Gasteiger partial charge is 0.377 e. The lowest BCUT2D eigenvalue weighted by atomic mass is 9.85. The number of aliphatic hydroxyl groups excluding tert-OH is 1. The van der Waals surface area contributed by atoms with E-state index in [-0.39, 0.29) is 23.9 Å². The van der Waals surface area contributed by atoms with Crippen molar-refractivity contribution < 1.29 is 14.7 Å². The number of hydrogen-bond donors (Lipinski definition) is 4. The first-order valence-electron chi connectivity index (χ1n) is 16.6. The number of nitrogens with one attached hydrogen (secondary N) is 3. The number of likely N-dealkylation sites (N-methyl/N-ethyl adjacent to an activating group) is 1. The molecule has 0 aromatic heterocycles. The highest BCUT2D eigenvalue weighted by atomic mass is 16.3. The number of carbonyl (C=O) groups excluding carboxylic acids is 2. The quantitative estimate of drug-likeness (QED) is 0.161. The van der Waals surface area contributed by atoms with Gasteiger partial charge in [-0.2, -0.15) is 0 Å². The first-order chi connectivity index (χ1) is 21.0. The molecule has 0 radical (unpaired) electrons. The minimum absolute atomic E-state index is 0.0453. The molecular formula is C36H57N5O3. The molecule has 2 aromatic carbocycles. The number of benzene rings is 2. The first-order valence-corrected chi connectivity index (χ1v) is 16.6. The smallest absolute Gasteiger partial charge is 0.245 e. The molecule has 0 saturated carbocycles. The van der Waals surface area contributed by atoms with Crippen molar-refractivity contribution in [3.05, 3.63) is 71.8 Å². The molecule has 2 amide bonds. The van der Waals surface area contributed by atoms with Gasteiger partial charge in [-0.25, -0.2) is 0 Å². The van der Waals surface area contributed by atoms with E-state index in [1.165, 1.54) is 11.1 Å². The van der Waals surface area contributed by atoms with Crippen molar-refractivity contribution in [3.63, 3.8) is 0 Å². The van der Waals surface area contributed by atoms with E-state index in [0.29, 0.717) is 26.1 Å². The van der Waals surface area contributed by atoms with Gasteiger partial charge in [0.1, 0.15) is 12.3 Å². The highest BCUT2D eigenvalue weighted by Gasteiger charge is 2.41. The Morgan fingerprint density at radius 2 is 1.68 bits per heavy atom. The summed E-state index contributed by atoms with van der Waals surface area (Å²) in [5.41, 5.74) is 1.95. The molecule has 1 unspecified atom stereocenters. The predicted molar refractivity (Wildman–Crippen MR) is 179 cm³/mol. The summed E-state index contributed by atoms with van der Waals surface area (Å²) in [4.78, 5) is 31.1. The molecule has 0 bridgehead atoms. The lowest BCUT2D eigenvalue weighted by molar-refractivity contribution is -0.141. The van der Waals surface area contributed by atoms with Crippen LogP contribution in [0.15, 0.2) is 60.7 Å². The van der Waals surface area contributed by atoms with E-state index in [2.05, 4.69) is 52.0 Å². The van der Waals surface area contributed by atoms with Crippen LogP contribution in [0.2, 0.25) is 0 Å². The van der Waals surface area contributed by atoms with Crippen LogP contribution in [0.5, 0.6) is 0 Å². The molecule has 2 aromatic rings. The molecule has 3 rings (SSSR count). The van der Waals surface area contributed by atoms with Crippen LogP contribution in [0, 0.1) is 5.41 Å². The zero-order chi connectivity index (χ0) is 32.1. The van der Waals surface area contributed by atoms with Crippen molar-refractivity contribution >= 4 is 11.8 Å². The van der Waals surface area contributed by atoms with Crippen LogP contribution in [-0.4, -0.2) is 90.3 Å². The van der Waals surface area contributed by atoms with E-state index < -0.39 is 23.7 Å². The lowest BCUT2D eigenvalue weighted by Gasteiger charge is -2.40. The van der Waals surface area contributed by atoms with Crippen molar-refractivity contribution in [2.45, 2.75) is 104 Å². The summed E-state index contributed by atoms with van der Waals surface area (Å²) >= 11 is 0. The summed E-state index contributed by atoms with van der Waals surface area (Å²) in [6.07, 6.45) is 4.67. The van der Waals surface area contributed by atoms with Crippen LogP contribution >= 0.6 is 0 Å². The maximum absolute atomic E-state index is 14.1. The third kappa shape index (κ3) is 10.7. The second-order valence-corrected chi connectivity index (χ2v) is 13.4. The maximum atomic E-state index is 14.1. The van der Waals surface area contributed by atoms with E-state index >= 15 is 0 Å². The average molecular weight is 608 g/mol. The van der Waals surface area contributed by atoms with Crippen molar-refractivity contribution in [3.8, 4) is 0 Å². The zero-order valence-electron chi connectivity index (χ0n) is 27.9. The van der Waals surface area contributed by atoms with E-state index in [9.17, 15) is 14.7 Å². The number of aliphatic hydroxyl groups is 1. The topological polar surface area (TPSA) is 96.9 Å². The zero-order valence-corrected chi connectivity index (χ0v) is 27.9. The van der Waals surface area contributed by atoms with Crippen LogP contribution in [-0.2, 0) is 22.4 Å². The van der Waals surface area contributed by atoms with Crippen molar-refractivity contribution in [1.29, 1.82) is 0 Å². The van der Waals surface area contributed by atoms with E-state index in [4.69, 9.17) is 0 Å². The van der Waals surface area contributed by atoms with Crippen LogP contribution < -0.4 is 16.0 Å². The van der Waals surface area contributed by atoms with E-state index in [1.807, 2.05) is 62.1 Å². The average Bonchev–Trinajstić information content (AvgIpc) is 3.49. The van der Waals surface area contributed by atoms with Crippen LogP contribution in [0.4, 0.5) is 0 Å². The van der Waals surface area contributed by atoms with E-state index in [1.54, 1.807) is 14.0 Å². The van der Waals surface area contributed by atoms with Crippen LogP contribution in [0.25, 0.3) is 0 Å². The van der Waals surface area contributed by atoms with Crippen molar-refractivity contribution in [2.24, 2.45) is 5.41 Å². The molecule has 4 N–H and O–H groups in total. The summed E-state index contributed by atoms with van der Waals surface area (Å²) in [6, 6.07) is 19.5. The van der Waals surface area contributed by atoms with Gasteiger partial charge >= 0.3 is 0 Å². The second kappa shape index (κ2) is 17.6.